The molecule has 2 saturated carbocycles. The highest BCUT2D eigenvalue weighted by molar-refractivity contribution is 5.93. The monoisotopic (exact) mass is 259 g/mol. The van der Waals surface area contributed by atoms with Crippen LogP contribution in [-0.2, 0) is 0 Å². The first kappa shape index (κ1) is 12.5. The van der Waals surface area contributed by atoms with Crippen LogP contribution >= 0.6 is 0 Å². The standard InChI is InChI=1S/C15H21N3O/c1-2-16-12-5-8-17-13(9-12)14(19)18-10-15(6-7-15)11-3-4-11/h5,8-9,11H,2-4,6-7,10H2,1H3,(H,16,17)(H,18,19). The Bertz CT molecular complexity index is 478. The highest BCUT2D eigenvalue weighted by Gasteiger charge is 2.53. The van der Waals surface area contributed by atoms with Crippen molar-refractivity contribution in [3.63, 3.8) is 0 Å². The Morgan fingerprint density at radius 3 is 2.89 bits per heavy atom. The van der Waals surface area contributed by atoms with Crippen LogP contribution in [0.1, 0.15) is 43.1 Å². The van der Waals surface area contributed by atoms with E-state index in [1.54, 1.807) is 6.20 Å². The number of nitrogens with zero attached hydrogens (tertiary/aromatic N) is 1. The van der Waals surface area contributed by atoms with E-state index in [1.807, 2.05) is 19.1 Å². The van der Waals surface area contributed by atoms with Crippen molar-refractivity contribution in [1.29, 1.82) is 0 Å². The molecule has 2 N–H and O–H groups in total. The molecule has 0 saturated heterocycles. The summed E-state index contributed by atoms with van der Waals surface area (Å²) in [5.74, 6) is 0.820. The van der Waals surface area contributed by atoms with Crippen LogP contribution in [0.4, 0.5) is 5.69 Å². The molecule has 19 heavy (non-hydrogen) atoms. The number of nitrogens with one attached hydrogen (secondary N) is 2. The number of carbonyl (C=O) groups is 1. The average Bonchev–Trinajstić information content (AvgIpc) is 3.28. The number of rotatable bonds is 6. The molecule has 1 heterocycles. The van der Waals surface area contributed by atoms with E-state index in [4.69, 9.17) is 0 Å². The predicted octanol–water partition coefficient (Wildman–Crippen LogP) is 2.43. The molecule has 0 unspecified atom stereocenters. The van der Waals surface area contributed by atoms with E-state index < -0.39 is 0 Å². The Labute approximate surface area is 114 Å². The molecule has 3 rings (SSSR count). The number of hydrogen-bond donors (Lipinski definition) is 2. The molecule has 1 amide bonds. The number of carbonyl (C=O) groups excluding carboxylic acids is 1. The summed E-state index contributed by atoms with van der Waals surface area (Å²) < 4.78 is 0. The Kier molecular flexibility index (Phi) is 3.17. The van der Waals surface area contributed by atoms with Crippen molar-refractivity contribution in [3.05, 3.63) is 24.0 Å². The Balaban J connectivity index is 1.59. The number of pyridine rings is 1. The normalized spacial score (nSPS) is 19.8. The largest absolute Gasteiger partial charge is 0.385 e. The molecule has 0 radical (unpaired) electrons. The maximum absolute atomic E-state index is 12.1. The third-order valence-corrected chi connectivity index (χ3v) is 4.31. The minimum Gasteiger partial charge on any atom is -0.385 e. The highest BCUT2D eigenvalue weighted by atomic mass is 16.1. The second-order valence-electron chi connectivity index (χ2n) is 5.78. The highest BCUT2D eigenvalue weighted by Crippen LogP contribution is 2.60. The summed E-state index contributed by atoms with van der Waals surface area (Å²) >= 11 is 0. The molecule has 1 aromatic rings. The quantitative estimate of drug-likeness (QED) is 0.825. The van der Waals surface area contributed by atoms with E-state index in [2.05, 4.69) is 15.6 Å². The van der Waals surface area contributed by atoms with Gasteiger partial charge in [0.1, 0.15) is 5.69 Å². The van der Waals surface area contributed by atoms with Gasteiger partial charge in [0.15, 0.2) is 0 Å². The van der Waals surface area contributed by atoms with Crippen molar-refractivity contribution in [2.45, 2.75) is 32.6 Å². The minimum atomic E-state index is -0.0494. The second-order valence-corrected chi connectivity index (χ2v) is 5.78. The first-order valence-electron chi connectivity index (χ1n) is 7.22. The van der Waals surface area contributed by atoms with Gasteiger partial charge in [0.2, 0.25) is 0 Å². The summed E-state index contributed by atoms with van der Waals surface area (Å²) in [6, 6.07) is 3.70. The molecule has 1 aromatic heterocycles. The van der Waals surface area contributed by atoms with Crippen molar-refractivity contribution in [3.8, 4) is 0 Å². The molecule has 0 bridgehead atoms. The molecular weight excluding hydrogens is 238 g/mol. The van der Waals surface area contributed by atoms with Crippen LogP contribution < -0.4 is 10.6 Å². The lowest BCUT2D eigenvalue weighted by molar-refractivity contribution is 0.0937. The molecule has 0 aliphatic heterocycles. The fraction of sp³-hybridized carbons (Fsp3) is 0.600. The van der Waals surface area contributed by atoms with Crippen LogP contribution in [0.2, 0.25) is 0 Å². The second kappa shape index (κ2) is 4.83. The molecule has 102 valence electrons. The van der Waals surface area contributed by atoms with Crippen LogP contribution in [0.5, 0.6) is 0 Å². The SMILES string of the molecule is CCNc1ccnc(C(=O)NCC2(C3CC3)CC2)c1. The van der Waals surface area contributed by atoms with E-state index in [-0.39, 0.29) is 5.91 Å². The lowest BCUT2D eigenvalue weighted by Gasteiger charge is -2.14. The number of aromatic nitrogens is 1. The van der Waals surface area contributed by atoms with E-state index in [0.717, 1.165) is 24.7 Å². The average molecular weight is 259 g/mol. The summed E-state index contributed by atoms with van der Waals surface area (Å²) in [5.41, 5.74) is 1.89. The van der Waals surface area contributed by atoms with Crippen molar-refractivity contribution in [2.24, 2.45) is 11.3 Å². The number of anilines is 1. The van der Waals surface area contributed by atoms with Gasteiger partial charge in [0.25, 0.3) is 5.91 Å². The van der Waals surface area contributed by atoms with Crippen LogP contribution in [0.15, 0.2) is 18.3 Å². The third kappa shape index (κ3) is 2.72. The van der Waals surface area contributed by atoms with Crippen LogP contribution in [0, 0.1) is 11.3 Å². The van der Waals surface area contributed by atoms with Crippen LogP contribution in [0.3, 0.4) is 0 Å². The molecule has 4 nitrogen and oxygen atoms in total. The zero-order valence-electron chi connectivity index (χ0n) is 11.4. The minimum absolute atomic E-state index is 0.0494. The van der Waals surface area contributed by atoms with Gasteiger partial charge in [-0.3, -0.25) is 9.78 Å². The summed E-state index contributed by atoms with van der Waals surface area (Å²) in [7, 11) is 0. The molecule has 2 aliphatic rings. The predicted molar refractivity (Wildman–Crippen MR) is 75.1 cm³/mol. The molecule has 4 heteroatoms. The van der Waals surface area contributed by atoms with Crippen molar-refractivity contribution >= 4 is 11.6 Å². The van der Waals surface area contributed by atoms with Gasteiger partial charge in [-0.15, -0.1) is 0 Å². The number of hydrogen-bond acceptors (Lipinski definition) is 3. The zero-order chi connectivity index (χ0) is 13.3. The van der Waals surface area contributed by atoms with Gasteiger partial charge in [-0.05, 0) is 56.1 Å². The molecule has 0 spiro atoms. The lowest BCUT2D eigenvalue weighted by atomic mass is 10.0. The maximum Gasteiger partial charge on any atom is 0.269 e. The van der Waals surface area contributed by atoms with Crippen molar-refractivity contribution in [1.82, 2.24) is 10.3 Å². The van der Waals surface area contributed by atoms with Crippen molar-refractivity contribution in [2.75, 3.05) is 18.4 Å². The summed E-state index contributed by atoms with van der Waals surface area (Å²) in [6.07, 6.45) is 6.94. The fourth-order valence-corrected chi connectivity index (χ4v) is 2.80. The van der Waals surface area contributed by atoms with E-state index in [1.165, 1.54) is 25.7 Å². The first-order chi connectivity index (χ1) is 9.23. The summed E-state index contributed by atoms with van der Waals surface area (Å²) in [5, 5.41) is 6.26. The Hall–Kier alpha value is -1.58. The maximum atomic E-state index is 12.1. The van der Waals surface area contributed by atoms with Gasteiger partial charge in [-0.25, -0.2) is 0 Å². The lowest BCUT2D eigenvalue weighted by Crippen LogP contribution is -2.31. The van der Waals surface area contributed by atoms with Crippen molar-refractivity contribution < 1.29 is 4.79 Å². The fourth-order valence-electron chi connectivity index (χ4n) is 2.80. The summed E-state index contributed by atoms with van der Waals surface area (Å²) in [6.45, 7) is 3.70. The molecule has 2 aliphatic carbocycles. The topological polar surface area (TPSA) is 54.0 Å². The van der Waals surface area contributed by atoms with Gasteiger partial charge in [-0.2, -0.15) is 0 Å². The first-order valence-corrected chi connectivity index (χ1v) is 7.22. The van der Waals surface area contributed by atoms with Gasteiger partial charge in [0.05, 0.1) is 0 Å². The van der Waals surface area contributed by atoms with E-state index in [9.17, 15) is 4.79 Å². The van der Waals surface area contributed by atoms with Gasteiger partial charge < -0.3 is 10.6 Å². The third-order valence-electron chi connectivity index (χ3n) is 4.31. The molecular formula is C15H21N3O. The van der Waals surface area contributed by atoms with E-state index >= 15 is 0 Å². The summed E-state index contributed by atoms with van der Waals surface area (Å²) in [4.78, 5) is 16.3. The Morgan fingerprint density at radius 1 is 1.47 bits per heavy atom. The van der Waals surface area contributed by atoms with Gasteiger partial charge in [-0.1, -0.05) is 0 Å². The molecule has 0 atom stereocenters. The van der Waals surface area contributed by atoms with Gasteiger partial charge in [0, 0.05) is 25.0 Å². The van der Waals surface area contributed by atoms with Crippen LogP contribution in [-0.4, -0.2) is 24.0 Å². The Morgan fingerprint density at radius 2 is 2.26 bits per heavy atom. The molecule has 2 fully saturated rings. The van der Waals surface area contributed by atoms with E-state index in [0.29, 0.717) is 11.1 Å². The molecule has 0 aromatic carbocycles. The number of amides is 1. The zero-order valence-corrected chi connectivity index (χ0v) is 11.4. The van der Waals surface area contributed by atoms with Gasteiger partial charge >= 0.3 is 0 Å². The smallest absolute Gasteiger partial charge is 0.269 e. The van der Waals surface area contributed by atoms with Crippen LogP contribution in [0.25, 0.3) is 0 Å².